The summed E-state index contributed by atoms with van der Waals surface area (Å²) < 4.78 is 5.03. The molecule has 4 N–H and O–H groups in total. The lowest BCUT2D eigenvalue weighted by Crippen LogP contribution is -2.42. The number of hydrogen-bond acceptors (Lipinski definition) is 6. The van der Waals surface area contributed by atoms with Gasteiger partial charge in [0, 0.05) is 23.6 Å². The van der Waals surface area contributed by atoms with Crippen molar-refractivity contribution in [3.05, 3.63) is 57.8 Å². The number of nitrogens with zero attached hydrogens (tertiary/aromatic N) is 1. The fraction of sp³-hybridized carbons (Fsp3) is 0.440. The second-order valence-corrected chi connectivity index (χ2v) is 9.91. The van der Waals surface area contributed by atoms with Gasteiger partial charge in [-0.2, -0.15) is 0 Å². The number of rotatable bonds is 8. The molecule has 0 fully saturated rings. The van der Waals surface area contributed by atoms with E-state index in [-0.39, 0.29) is 35.0 Å². The van der Waals surface area contributed by atoms with Crippen molar-refractivity contribution in [2.75, 3.05) is 13.7 Å². The molecule has 1 aliphatic heterocycles. The number of thiophene rings is 1. The number of aliphatic imine (C=N–C) groups is 1. The van der Waals surface area contributed by atoms with E-state index in [2.05, 4.69) is 23.3 Å². The molecular weight excluding hydrogens is 436 g/mol. The van der Waals surface area contributed by atoms with Gasteiger partial charge in [-0.3, -0.25) is 20.0 Å². The summed E-state index contributed by atoms with van der Waals surface area (Å²) in [5.41, 5.74) is 7.46. The lowest BCUT2D eigenvalue weighted by atomic mass is 9.82. The van der Waals surface area contributed by atoms with E-state index < -0.39 is 12.0 Å². The normalized spacial score (nSPS) is 25.8. The molecule has 2 heterocycles. The van der Waals surface area contributed by atoms with Gasteiger partial charge in [0.15, 0.2) is 0 Å². The van der Waals surface area contributed by atoms with E-state index in [9.17, 15) is 9.59 Å². The molecule has 7 nitrogen and oxygen atoms in total. The average molecular weight is 469 g/mol. The van der Waals surface area contributed by atoms with Crippen molar-refractivity contribution in [1.82, 2.24) is 5.32 Å². The van der Waals surface area contributed by atoms with E-state index >= 15 is 0 Å². The first-order valence-corrected chi connectivity index (χ1v) is 11.9. The SMILES string of the molecule is COC(=O)C(CC1=CC(C(=N)N)C(C)C=C1)C(C)NC(=O)c1cc(C2(C)C=CC=NC2)cs1. The van der Waals surface area contributed by atoms with Gasteiger partial charge < -0.3 is 15.8 Å². The van der Waals surface area contributed by atoms with Gasteiger partial charge in [-0.05, 0) is 42.3 Å². The van der Waals surface area contributed by atoms with Crippen LogP contribution in [0.3, 0.4) is 0 Å². The number of allylic oxidation sites excluding steroid dienone is 4. The molecule has 0 aromatic carbocycles. The van der Waals surface area contributed by atoms with Gasteiger partial charge in [-0.15, -0.1) is 11.3 Å². The number of amidine groups is 1. The molecule has 0 saturated carbocycles. The third kappa shape index (κ3) is 5.68. The number of amides is 1. The first-order valence-electron chi connectivity index (χ1n) is 11.0. The topological polar surface area (TPSA) is 118 Å². The highest BCUT2D eigenvalue weighted by atomic mass is 32.1. The van der Waals surface area contributed by atoms with Crippen molar-refractivity contribution >= 4 is 35.3 Å². The summed E-state index contributed by atoms with van der Waals surface area (Å²) in [6.07, 6.45) is 12.1. The molecule has 3 rings (SSSR count). The zero-order valence-corrected chi connectivity index (χ0v) is 20.3. The lowest BCUT2D eigenvalue weighted by Gasteiger charge is -2.26. The summed E-state index contributed by atoms with van der Waals surface area (Å²) in [7, 11) is 1.35. The van der Waals surface area contributed by atoms with Crippen LogP contribution >= 0.6 is 11.3 Å². The third-order valence-electron chi connectivity index (χ3n) is 6.41. The molecule has 0 saturated heterocycles. The highest BCUT2D eigenvalue weighted by Gasteiger charge is 2.31. The first-order chi connectivity index (χ1) is 15.6. The Morgan fingerprint density at radius 3 is 2.85 bits per heavy atom. The molecule has 1 amide bonds. The van der Waals surface area contributed by atoms with E-state index in [1.54, 1.807) is 6.21 Å². The van der Waals surface area contributed by atoms with Gasteiger partial charge in [0.25, 0.3) is 5.91 Å². The van der Waals surface area contributed by atoms with Crippen LogP contribution in [0.4, 0.5) is 0 Å². The van der Waals surface area contributed by atoms with Crippen LogP contribution in [0, 0.1) is 23.2 Å². The number of nitrogens with one attached hydrogen (secondary N) is 2. The summed E-state index contributed by atoms with van der Waals surface area (Å²) in [5.74, 6) is -1.15. The number of ether oxygens (including phenoxy) is 1. The Kier molecular flexibility index (Phi) is 7.68. The van der Waals surface area contributed by atoms with Gasteiger partial charge in [0.05, 0.1) is 30.3 Å². The maximum absolute atomic E-state index is 13.0. The average Bonchev–Trinajstić information content (AvgIpc) is 3.29. The van der Waals surface area contributed by atoms with Crippen molar-refractivity contribution in [1.29, 1.82) is 5.41 Å². The maximum atomic E-state index is 13.0. The minimum Gasteiger partial charge on any atom is -0.469 e. The van der Waals surface area contributed by atoms with Crippen molar-refractivity contribution in [2.45, 2.75) is 38.6 Å². The second kappa shape index (κ2) is 10.3. The molecule has 0 radical (unpaired) electrons. The Labute approximate surface area is 199 Å². The fourth-order valence-corrected chi connectivity index (χ4v) is 5.10. The smallest absolute Gasteiger partial charge is 0.311 e. The molecule has 1 aromatic heterocycles. The van der Waals surface area contributed by atoms with Crippen LogP contribution in [-0.4, -0.2) is 43.6 Å². The molecule has 5 unspecified atom stereocenters. The summed E-state index contributed by atoms with van der Waals surface area (Å²) >= 11 is 1.38. The first kappa shape index (κ1) is 24.6. The second-order valence-electron chi connectivity index (χ2n) is 9.00. The van der Waals surface area contributed by atoms with Gasteiger partial charge in [-0.25, -0.2) is 0 Å². The van der Waals surface area contributed by atoms with Gasteiger partial charge >= 0.3 is 5.97 Å². The zero-order valence-electron chi connectivity index (χ0n) is 19.5. The van der Waals surface area contributed by atoms with Crippen molar-refractivity contribution in [3.63, 3.8) is 0 Å². The van der Waals surface area contributed by atoms with Crippen LogP contribution in [-0.2, 0) is 14.9 Å². The Hall–Kier alpha value is -3.00. The Morgan fingerprint density at radius 1 is 1.45 bits per heavy atom. The molecular formula is C25H32N4O3S. The van der Waals surface area contributed by atoms with Gasteiger partial charge in [-0.1, -0.05) is 43.7 Å². The monoisotopic (exact) mass is 468 g/mol. The van der Waals surface area contributed by atoms with E-state index in [1.807, 2.05) is 49.6 Å². The predicted octanol–water partition coefficient (Wildman–Crippen LogP) is 3.63. The Balaban J connectivity index is 1.72. The van der Waals surface area contributed by atoms with Crippen molar-refractivity contribution in [2.24, 2.45) is 28.5 Å². The molecule has 5 atom stereocenters. The highest BCUT2D eigenvalue weighted by Crippen LogP contribution is 2.32. The number of esters is 1. The quantitative estimate of drug-likeness (QED) is 0.307. The number of carbonyl (C=O) groups is 2. The minimum absolute atomic E-state index is 0.0982. The molecule has 1 aliphatic carbocycles. The third-order valence-corrected chi connectivity index (χ3v) is 7.34. The summed E-state index contributed by atoms with van der Waals surface area (Å²) in [5, 5.41) is 12.8. The van der Waals surface area contributed by atoms with E-state index in [0.29, 0.717) is 17.8 Å². The molecule has 2 aliphatic rings. The zero-order chi connectivity index (χ0) is 24.2. The number of carbonyl (C=O) groups excluding carboxylic acids is 2. The van der Waals surface area contributed by atoms with E-state index in [4.69, 9.17) is 15.9 Å². The number of methoxy groups -OCH3 is 1. The van der Waals surface area contributed by atoms with Crippen LogP contribution in [0.2, 0.25) is 0 Å². The number of hydrogen-bond donors (Lipinski definition) is 3. The number of dihydropyridines is 1. The van der Waals surface area contributed by atoms with Crippen molar-refractivity contribution in [3.8, 4) is 0 Å². The lowest BCUT2D eigenvalue weighted by molar-refractivity contribution is -0.146. The minimum atomic E-state index is -0.566. The van der Waals surface area contributed by atoms with E-state index in [1.165, 1.54) is 18.4 Å². The molecule has 0 spiro atoms. The molecule has 8 heteroatoms. The maximum Gasteiger partial charge on any atom is 0.311 e. The van der Waals surface area contributed by atoms with E-state index in [0.717, 1.165) is 11.1 Å². The van der Waals surface area contributed by atoms with Crippen LogP contribution in [0.25, 0.3) is 0 Å². The van der Waals surface area contributed by atoms with Crippen LogP contribution in [0.5, 0.6) is 0 Å². The summed E-state index contributed by atoms with van der Waals surface area (Å²) in [6.45, 7) is 6.55. The Morgan fingerprint density at radius 2 is 2.21 bits per heavy atom. The molecule has 33 heavy (non-hydrogen) atoms. The van der Waals surface area contributed by atoms with Gasteiger partial charge in [0.2, 0.25) is 0 Å². The predicted molar refractivity (Wildman–Crippen MR) is 133 cm³/mol. The van der Waals surface area contributed by atoms with Crippen molar-refractivity contribution < 1.29 is 14.3 Å². The fourth-order valence-electron chi connectivity index (χ4n) is 4.14. The van der Waals surface area contributed by atoms with Gasteiger partial charge in [0.1, 0.15) is 0 Å². The van der Waals surface area contributed by atoms with Crippen LogP contribution in [0.15, 0.2) is 52.4 Å². The summed E-state index contributed by atoms with van der Waals surface area (Å²) in [6, 6.07) is 1.45. The molecule has 176 valence electrons. The molecule has 0 bridgehead atoms. The van der Waals surface area contributed by atoms with Crippen LogP contribution < -0.4 is 11.1 Å². The summed E-state index contributed by atoms with van der Waals surface area (Å²) in [4.78, 5) is 30.5. The standard InChI is InChI=1S/C25H32N4O3S/c1-15-6-7-17(10-19(15)22(26)27)11-20(24(31)32-4)16(2)29-23(30)21-12-18(13-33-21)25(3)8-5-9-28-14-25/h5-10,12-13,15-16,19-20H,11,14H2,1-4H3,(H3,26,27)(H,29,30). The van der Waals surface area contributed by atoms with Crippen LogP contribution in [0.1, 0.15) is 42.4 Å². The highest BCUT2D eigenvalue weighted by molar-refractivity contribution is 7.12. The Bertz CT molecular complexity index is 1040. The largest absolute Gasteiger partial charge is 0.469 e. The molecule has 1 aromatic rings. The number of nitrogens with two attached hydrogens (primary N) is 1.